The number of amides is 3. The highest BCUT2D eigenvalue weighted by atomic mass is 16.4. The molecule has 7 heteroatoms. The summed E-state index contributed by atoms with van der Waals surface area (Å²) in [4.78, 5) is 33.8. The summed E-state index contributed by atoms with van der Waals surface area (Å²) in [5, 5.41) is 11.3. The second-order valence-electron chi connectivity index (χ2n) is 4.10. The zero-order valence-corrected chi connectivity index (χ0v) is 9.52. The van der Waals surface area contributed by atoms with Gasteiger partial charge in [-0.15, -0.1) is 0 Å². The predicted octanol–water partition coefficient (Wildman–Crippen LogP) is -0.632. The van der Waals surface area contributed by atoms with Crippen molar-refractivity contribution in [2.75, 3.05) is 19.6 Å². The molecule has 1 aliphatic heterocycles. The van der Waals surface area contributed by atoms with Crippen molar-refractivity contribution in [1.82, 2.24) is 10.2 Å². The number of carbonyl (C=O) groups excluding carboxylic acids is 2. The van der Waals surface area contributed by atoms with E-state index in [9.17, 15) is 14.4 Å². The van der Waals surface area contributed by atoms with Gasteiger partial charge < -0.3 is 21.1 Å². The Hall–Kier alpha value is -1.79. The van der Waals surface area contributed by atoms with Crippen LogP contribution in [0.15, 0.2) is 0 Å². The Bertz CT molecular complexity index is 313. The zero-order valence-electron chi connectivity index (χ0n) is 9.52. The fourth-order valence-electron chi connectivity index (χ4n) is 1.53. The molecule has 1 saturated heterocycles. The first kappa shape index (κ1) is 13.3. The number of carboxylic acids is 1. The van der Waals surface area contributed by atoms with E-state index in [1.54, 1.807) is 0 Å². The number of nitrogens with zero attached hydrogens (tertiary/aromatic N) is 1. The lowest BCUT2D eigenvalue weighted by atomic mass is 10.0. The zero-order chi connectivity index (χ0) is 12.8. The van der Waals surface area contributed by atoms with E-state index in [1.807, 2.05) is 0 Å². The minimum Gasteiger partial charge on any atom is -0.481 e. The molecular weight excluding hydrogens is 226 g/mol. The number of aliphatic carboxylic acids is 1. The third-order valence-corrected chi connectivity index (χ3v) is 2.64. The van der Waals surface area contributed by atoms with Crippen LogP contribution in [-0.4, -0.2) is 47.5 Å². The van der Waals surface area contributed by atoms with E-state index in [2.05, 4.69) is 5.32 Å². The highest BCUT2D eigenvalue weighted by Crippen LogP contribution is 2.15. The molecule has 7 nitrogen and oxygen atoms in total. The third kappa shape index (κ3) is 4.29. The summed E-state index contributed by atoms with van der Waals surface area (Å²) in [6, 6.07) is -0.249. The van der Waals surface area contributed by atoms with E-state index in [-0.39, 0.29) is 25.0 Å². The van der Waals surface area contributed by atoms with Crippen molar-refractivity contribution in [3.8, 4) is 0 Å². The van der Waals surface area contributed by atoms with Crippen LogP contribution in [0.25, 0.3) is 0 Å². The lowest BCUT2D eigenvalue weighted by Gasteiger charge is -2.36. The Morgan fingerprint density at radius 1 is 1.29 bits per heavy atom. The number of unbranched alkanes of at least 4 members (excludes halogenated alkanes) is 1. The van der Waals surface area contributed by atoms with Crippen LogP contribution >= 0.6 is 0 Å². The van der Waals surface area contributed by atoms with Gasteiger partial charge in [0.15, 0.2) is 0 Å². The number of carbonyl (C=O) groups is 3. The summed E-state index contributed by atoms with van der Waals surface area (Å²) in [6.07, 6.45) is 1.65. The van der Waals surface area contributed by atoms with Gasteiger partial charge in [0.05, 0.1) is 5.92 Å². The number of carboxylic acid groups (broad SMARTS) is 1. The molecule has 1 fully saturated rings. The quantitative estimate of drug-likeness (QED) is 0.539. The minimum atomic E-state index is -0.865. The number of rotatable bonds is 6. The van der Waals surface area contributed by atoms with Crippen LogP contribution in [0.1, 0.15) is 19.3 Å². The molecule has 1 heterocycles. The van der Waals surface area contributed by atoms with E-state index in [4.69, 9.17) is 10.8 Å². The molecule has 0 aromatic carbocycles. The van der Waals surface area contributed by atoms with Gasteiger partial charge >= 0.3 is 12.0 Å². The number of primary amides is 1. The van der Waals surface area contributed by atoms with Crippen LogP contribution in [-0.2, 0) is 9.59 Å². The fourth-order valence-corrected chi connectivity index (χ4v) is 1.53. The Balaban J connectivity index is 2.03. The minimum absolute atomic E-state index is 0.249. The molecule has 0 aromatic rings. The normalized spacial score (nSPS) is 15.2. The van der Waals surface area contributed by atoms with Crippen molar-refractivity contribution in [1.29, 1.82) is 0 Å². The van der Waals surface area contributed by atoms with Gasteiger partial charge in [0.2, 0.25) is 5.91 Å². The first-order valence-electron chi connectivity index (χ1n) is 5.54. The SMILES string of the molecule is NC(=O)CCCCNC(=O)N1CC(C(=O)O)C1. The summed E-state index contributed by atoms with van der Waals surface area (Å²) in [5.41, 5.74) is 4.97. The van der Waals surface area contributed by atoms with Crippen molar-refractivity contribution in [3.05, 3.63) is 0 Å². The molecule has 0 aliphatic carbocycles. The largest absolute Gasteiger partial charge is 0.481 e. The average molecular weight is 243 g/mol. The van der Waals surface area contributed by atoms with Crippen molar-refractivity contribution >= 4 is 17.9 Å². The number of hydrogen-bond acceptors (Lipinski definition) is 3. The molecule has 0 atom stereocenters. The van der Waals surface area contributed by atoms with Crippen LogP contribution in [0.3, 0.4) is 0 Å². The number of nitrogens with two attached hydrogens (primary N) is 1. The van der Waals surface area contributed by atoms with Gasteiger partial charge in [0.1, 0.15) is 0 Å². The summed E-state index contributed by atoms with van der Waals surface area (Å²) < 4.78 is 0. The van der Waals surface area contributed by atoms with E-state index in [0.29, 0.717) is 25.8 Å². The molecule has 0 unspecified atom stereocenters. The molecular formula is C10H17N3O4. The monoisotopic (exact) mass is 243 g/mol. The summed E-state index contributed by atoms with van der Waals surface area (Å²) in [5.74, 6) is -1.64. The summed E-state index contributed by atoms with van der Waals surface area (Å²) >= 11 is 0. The van der Waals surface area contributed by atoms with Gasteiger partial charge in [0.25, 0.3) is 0 Å². The molecule has 0 bridgehead atoms. The number of urea groups is 1. The van der Waals surface area contributed by atoms with Gasteiger partial charge in [0, 0.05) is 26.1 Å². The fraction of sp³-hybridized carbons (Fsp3) is 0.700. The number of nitrogens with one attached hydrogen (secondary N) is 1. The van der Waals surface area contributed by atoms with E-state index >= 15 is 0 Å². The van der Waals surface area contributed by atoms with Gasteiger partial charge in [-0.25, -0.2) is 4.79 Å². The molecule has 17 heavy (non-hydrogen) atoms. The summed E-state index contributed by atoms with van der Waals surface area (Å²) in [6.45, 7) is 1.01. The molecule has 4 N–H and O–H groups in total. The van der Waals surface area contributed by atoms with Crippen molar-refractivity contribution in [2.24, 2.45) is 11.7 Å². The maximum absolute atomic E-state index is 11.4. The van der Waals surface area contributed by atoms with E-state index in [0.717, 1.165) is 0 Å². The maximum atomic E-state index is 11.4. The number of hydrogen-bond donors (Lipinski definition) is 3. The highest BCUT2D eigenvalue weighted by Gasteiger charge is 2.35. The molecule has 1 aliphatic rings. The van der Waals surface area contributed by atoms with E-state index in [1.165, 1.54) is 4.90 Å². The lowest BCUT2D eigenvalue weighted by molar-refractivity contribution is -0.146. The van der Waals surface area contributed by atoms with Crippen LogP contribution < -0.4 is 11.1 Å². The Morgan fingerprint density at radius 3 is 2.47 bits per heavy atom. The first-order chi connectivity index (χ1) is 8.00. The molecule has 1 rings (SSSR count). The number of likely N-dealkylation sites (tertiary alicyclic amines) is 1. The first-order valence-corrected chi connectivity index (χ1v) is 5.54. The van der Waals surface area contributed by atoms with Gasteiger partial charge in [-0.1, -0.05) is 0 Å². The van der Waals surface area contributed by atoms with Crippen molar-refractivity contribution in [3.63, 3.8) is 0 Å². The standard InChI is InChI=1S/C10H17N3O4/c11-8(14)3-1-2-4-12-10(17)13-5-7(6-13)9(15)16/h7H,1-6H2,(H2,11,14)(H,12,17)(H,15,16). The Labute approximate surface area is 98.9 Å². The predicted molar refractivity (Wildman–Crippen MR) is 59.1 cm³/mol. The van der Waals surface area contributed by atoms with Crippen LogP contribution in [0, 0.1) is 5.92 Å². The highest BCUT2D eigenvalue weighted by molar-refractivity contribution is 5.79. The lowest BCUT2D eigenvalue weighted by Crippen LogP contribution is -2.56. The summed E-state index contributed by atoms with van der Waals surface area (Å²) in [7, 11) is 0. The van der Waals surface area contributed by atoms with Crippen LogP contribution in [0.4, 0.5) is 4.79 Å². The van der Waals surface area contributed by atoms with Gasteiger partial charge in [-0.05, 0) is 12.8 Å². The Morgan fingerprint density at radius 2 is 1.94 bits per heavy atom. The van der Waals surface area contributed by atoms with Gasteiger partial charge in [-0.3, -0.25) is 9.59 Å². The van der Waals surface area contributed by atoms with Crippen molar-refractivity contribution < 1.29 is 19.5 Å². The topological polar surface area (TPSA) is 113 Å². The Kier molecular flexibility index (Phi) is 4.74. The van der Waals surface area contributed by atoms with Gasteiger partial charge in [-0.2, -0.15) is 0 Å². The second-order valence-corrected chi connectivity index (χ2v) is 4.10. The molecule has 0 spiro atoms. The molecule has 0 radical (unpaired) electrons. The smallest absolute Gasteiger partial charge is 0.317 e. The molecule has 0 aromatic heterocycles. The molecule has 3 amide bonds. The molecule has 96 valence electrons. The second kappa shape index (κ2) is 6.07. The van der Waals surface area contributed by atoms with Crippen LogP contribution in [0.2, 0.25) is 0 Å². The average Bonchev–Trinajstić information content (AvgIpc) is 2.13. The van der Waals surface area contributed by atoms with E-state index < -0.39 is 11.9 Å². The van der Waals surface area contributed by atoms with Crippen molar-refractivity contribution in [2.45, 2.75) is 19.3 Å². The van der Waals surface area contributed by atoms with Crippen LogP contribution in [0.5, 0.6) is 0 Å². The molecule has 0 saturated carbocycles. The third-order valence-electron chi connectivity index (χ3n) is 2.64. The maximum Gasteiger partial charge on any atom is 0.317 e.